The lowest BCUT2D eigenvalue weighted by atomic mass is 10.1. The Morgan fingerprint density at radius 2 is 2.18 bits per heavy atom. The van der Waals surface area contributed by atoms with Gasteiger partial charge in [0.15, 0.2) is 0 Å². The predicted molar refractivity (Wildman–Crippen MR) is 68.3 cm³/mol. The number of hydrogen-bond donors (Lipinski definition) is 1. The smallest absolute Gasteiger partial charge is 0.0658 e. The van der Waals surface area contributed by atoms with E-state index in [9.17, 15) is 0 Å². The average molecular weight is 237 g/mol. The number of nitrogens with one attached hydrogen (secondary N) is 1. The van der Waals surface area contributed by atoms with Crippen LogP contribution in [-0.4, -0.2) is 36.1 Å². The summed E-state index contributed by atoms with van der Waals surface area (Å²) in [7, 11) is 1.73. The van der Waals surface area contributed by atoms with Crippen molar-refractivity contribution in [2.75, 3.05) is 20.3 Å². The van der Waals surface area contributed by atoms with Crippen molar-refractivity contribution >= 4 is 0 Å². The summed E-state index contributed by atoms with van der Waals surface area (Å²) < 4.78 is 7.16. The zero-order valence-electron chi connectivity index (χ0n) is 11.1. The van der Waals surface area contributed by atoms with Crippen LogP contribution in [-0.2, 0) is 17.7 Å². The lowest BCUT2D eigenvalue weighted by Gasteiger charge is -2.05. The molecule has 1 aromatic heterocycles. The summed E-state index contributed by atoms with van der Waals surface area (Å²) in [5.41, 5.74) is 3.85. The third-order valence-electron chi connectivity index (χ3n) is 3.42. The maximum atomic E-state index is 5.10. The van der Waals surface area contributed by atoms with E-state index >= 15 is 0 Å². The van der Waals surface area contributed by atoms with Crippen LogP contribution in [0.25, 0.3) is 0 Å². The fraction of sp³-hybridized carbons (Fsp3) is 0.769. The second kappa shape index (κ2) is 5.65. The van der Waals surface area contributed by atoms with Crippen LogP contribution < -0.4 is 5.32 Å². The summed E-state index contributed by atoms with van der Waals surface area (Å²) in [4.78, 5) is 0. The van der Waals surface area contributed by atoms with E-state index in [1.807, 2.05) is 0 Å². The lowest BCUT2D eigenvalue weighted by Crippen LogP contribution is -2.19. The van der Waals surface area contributed by atoms with Crippen molar-refractivity contribution in [3.8, 4) is 0 Å². The lowest BCUT2D eigenvalue weighted by molar-refractivity contribution is 0.182. The highest BCUT2D eigenvalue weighted by Gasteiger charge is 2.20. The Kier molecular flexibility index (Phi) is 4.18. The fourth-order valence-electron chi connectivity index (χ4n) is 2.18. The second-order valence-corrected chi connectivity index (χ2v) is 4.84. The molecule has 4 heteroatoms. The van der Waals surface area contributed by atoms with Gasteiger partial charge in [0.2, 0.25) is 0 Å². The van der Waals surface area contributed by atoms with Gasteiger partial charge in [-0.15, -0.1) is 0 Å². The second-order valence-electron chi connectivity index (χ2n) is 4.84. The average Bonchev–Trinajstić information content (AvgIpc) is 3.08. The Hall–Kier alpha value is -0.870. The molecule has 0 aromatic carbocycles. The summed E-state index contributed by atoms with van der Waals surface area (Å²) in [5.74, 6) is 0. The predicted octanol–water partition coefficient (Wildman–Crippen LogP) is 1.44. The molecule has 0 saturated heterocycles. The van der Waals surface area contributed by atoms with Crippen molar-refractivity contribution in [3.05, 3.63) is 17.0 Å². The number of hydrogen-bond acceptors (Lipinski definition) is 3. The molecule has 1 aliphatic carbocycles. The maximum Gasteiger partial charge on any atom is 0.0658 e. The standard InChI is InChI=1S/C13H23N3O/c1-10-13(6-7-14-12-4-5-12)11(2)16(15-10)8-9-17-3/h12,14H,4-9H2,1-3H3. The van der Waals surface area contributed by atoms with Crippen LogP contribution in [0.1, 0.15) is 29.8 Å². The number of aryl methyl sites for hydroxylation is 1. The molecule has 0 unspecified atom stereocenters. The molecular formula is C13H23N3O. The number of methoxy groups -OCH3 is 1. The first-order valence-electron chi connectivity index (χ1n) is 6.47. The van der Waals surface area contributed by atoms with E-state index in [-0.39, 0.29) is 0 Å². The SMILES string of the molecule is COCCn1nc(C)c(CCNC2CC2)c1C. The molecule has 1 heterocycles. The van der Waals surface area contributed by atoms with Gasteiger partial charge in [0.1, 0.15) is 0 Å². The molecule has 1 N–H and O–H groups in total. The van der Waals surface area contributed by atoms with Crippen LogP contribution in [0, 0.1) is 13.8 Å². The molecular weight excluding hydrogens is 214 g/mol. The minimum absolute atomic E-state index is 0.724. The number of rotatable bonds is 7. The van der Waals surface area contributed by atoms with Gasteiger partial charge in [-0.3, -0.25) is 4.68 Å². The number of nitrogens with zero attached hydrogens (tertiary/aromatic N) is 2. The van der Waals surface area contributed by atoms with Crippen LogP contribution in [0.5, 0.6) is 0 Å². The van der Waals surface area contributed by atoms with Gasteiger partial charge >= 0.3 is 0 Å². The molecule has 1 saturated carbocycles. The highest BCUT2D eigenvalue weighted by Crippen LogP contribution is 2.19. The summed E-state index contributed by atoms with van der Waals surface area (Å²) in [6.45, 7) is 6.90. The molecule has 96 valence electrons. The molecule has 0 aliphatic heterocycles. The van der Waals surface area contributed by atoms with Crippen LogP contribution in [0.2, 0.25) is 0 Å². The fourth-order valence-corrected chi connectivity index (χ4v) is 2.18. The van der Waals surface area contributed by atoms with Gasteiger partial charge in [0, 0.05) is 18.8 Å². The van der Waals surface area contributed by atoms with E-state index in [2.05, 4.69) is 28.9 Å². The maximum absolute atomic E-state index is 5.10. The summed E-state index contributed by atoms with van der Waals surface area (Å²) in [6, 6.07) is 0.791. The molecule has 0 amide bonds. The third-order valence-corrected chi connectivity index (χ3v) is 3.42. The van der Waals surface area contributed by atoms with Gasteiger partial charge in [-0.25, -0.2) is 0 Å². The number of ether oxygens (including phenoxy) is 1. The highest BCUT2D eigenvalue weighted by molar-refractivity contribution is 5.24. The minimum atomic E-state index is 0.724. The van der Waals surface area contributed by atoms with E-state index in [1.165, 1.54) is 24.1 Å². The van der Waals surface area contributed by atoms with Crippen LogP contribution in [0.3, 0.4) is 0 Å². The molecule has 0 radical (unpaired) electrons. The van der Waals surface area contributed by atoms with Gasteiger partial charge < -0.3 is 10.1 Å². The van der Waals surface area contributed by atoms with Crippen molar-refractivity contribution < 1.29 is 4.74 Å². The first-order valence-corrected chi connectivity index (χ1v) is 6.47. The van der Waals surface area contributed by atoms with Gasteiger partial charge in [-0.2, -0.15) is 5.10 Å². The zero-order valence-corrected chi connectivity index (χ0v) is 11.1. The Bertz CT molecular complexity index is 369. The topological polar surface area (TPSA) is 39.1 Å². The van der Waals surface area contributed by atoms with Crippen molar-refractivity contribution in [1.29, 1.82) is 0 Å². The molecule has 1 aromatic rings. The monoisotopic (exact) mass is 237 g/mol. The van der Waals surface area contributed by atoms with Crippen LogP contribution >= 0.6 is 0 Å². The summed E-state index contributed by atoms with van der Waals surface area (Å²) >= 11 is 0. The van der Waals surface area contributed by atoms with Crippen molar-refractivity contribution in [3.63, 3.8) is 0 Å². The van der Waals surface area contributed by atoms with E-state index < -0.39 is 0 Å². The minimum Gasteiger partial charge on any atom is -0.383 e. The van der Waals surface area contributed by atoms with Gasteiger partial charge in [-0.1, -0.05) is 0 Å². The molecule has 4 nitrogen and oxygen atoms in total. The Balaban J connectivity index is 1.91. The molecule has 0 bridgehead atoms. The molecule has 0 atom stereocenters. The zero-order chi connectivity index (χ0) is 12.3. The largest absolute Gasteiger partial charge is 0.383 e. The first kappa shape index (κ1) is 12.6. The van der Waals surface area contributed by atoms with Gasteiger partial charge in [0.25, 0.3) is 0 Å². The normalized spacial score (nSPS) is 15.5. The van der Waals surface area contributed by atoms with Crippen molar-refractivity contribution in [2.24, 2.45) is 0 Å². The van der Waals surface area contributed by atoms with E-state index in [0.29, 0.717) is 0 Å². The molecule has 0 spiro atoms. The van der Waals surface area contributed by atoms with E-state index in [4.69, 9.17) is 4.74 Å². The Morgan fingerprint density at radius 3 is 2.82 bits per heavy atom. The summed E-state index contributed by atoms with van der Waals surface area (Å²) in [6.07, 6.45) is 3.79. The Labute approximate surface area is 103 Å². The highest BCUT2D eigenvalue weighted by atomic mass is 16.5. The first-order chi connectivity index (χ1) is 8.22. The molecule has 17 heavy (non-hydrogen) atoms. The molecule has 2 rings (SSSR count). The van der Waals surface area contributed by atoms with Crippen LogP contribution in [0.4, 0.5) is 0 Å². The third kappa shape index (κ3) is 3.30. The van der Waals surface area contributed by atoms with Crippen molar-refractivity contribution in [2.45, 2.75) is 45.7 Å². The molecule has 1 fully saturated rings. The molecule has 1 aliphatic rings. The Morgan fingerprint density at radius 1 is 1.41 bits per heavy atom. The number of aromatic nitrogens is 2. The van der Waals surface area contributed by atoms with Crippen LogP contribution in [0.15, 0.2) is 0 Å². The van der Waals surface area contributed by atoms with Crippen molar-refractivity contribution in [1.82, 2.24) is 15.1 Å². The summed E-state index contributed by atoms with van der Waals surface area (Å²) in [5, 5.41) is 8.12. The van der Waals surface area contributed by atoms with E-state index in [1.54, 1.807) is 7.11 Å². The van der Waals surface area contributed by atoms with Gasteiger partial charge in [0.05, 0.1) is 18.8 Å². The van der Waals surface area contributed by atoms with E-state index in [0.717, 1.165) is 37.9 Å². The quantitative estimate of drug-likeness (QED) is 0.780. The van der Waals surface area contributed by atoms with Gasteiger partial charge in [-0.05, 0) is 45.2 Å².